The largest absolute Gasteiger partial charge is 0.493 e. The van der Waals surface area contributed by atoms with E-state index in [0.29, 0.717) is 18.1 Å². The van der Waals surface area contributed by atoms with E-state index in [2.05, 4.69) is 15.4 Å². The molecule has 2 atom stereocenters. The molecule has 2 aromatic rings. The standard InChI is InChI=1S/C16H22N4O3/c1-5-23-14-7-6-13(8-15(14)22-4)11(2)19-16(21)12(3)20-10-17-9-18-20/h6-12H,5H2,1-4H3,(H,19,21)/t11-,12+/m1/s1. The monoisotopic (exact) mass is 318 g/mol. The third-order valence-corrected chi connectivity index (χ3v) is 3.56. The minimum Gasteiger partial charge on any atom is -0.493 e. The Bertz CT molecular complexity index is 643. The second kappa shape index (κ2) is 7.62. The zero-order chi connectivity index (χ0) is 16.8. The number of benzene rings is 1. The Labute approximate surface area is 135 Å². The van der Waals surface area contributed by atoms with Crippen LogP contribution in [0, 0.1) is 0 Å². The fourth-order valence-corrected chi connectivity index (χ4v) is 2.18. The molecule has 1 N–H and O–H groups in total. The summed E-state index contributed by atoms with van der Waals surface area (Å²) in [6, 6.07) is 5.04. The third-order valence-electron chi connectivity index (χ3n) is 3.56. The molecule has 23 heavy (non-hydrogen) atoms. The van der Waals surface area contributed by atoms with Crippen molar-refractivity contribution >= 4 is 5.91 Å². The first-order chi connectivity index (χ1) is 11.1. The summed E-state index contributed by atoms with van der Waals surface area (Å²) in [7, 11) is 1.59. The maximum atomic E-state index is 12.3. The van der Waals surface area contributed by atoms with Crippen LogP contribution in [0.25, 0.3) is 0 Å². The molecule has 0 fully saturated rings. The Morgan fingerprint density at radius 3 is 2.74 bits per heavy atom. The maximum absolute atomic E-state index is 12.3. The lowest BCUT2D eigenvalue weighted by atomic mass is 10.1. The zero-order valence-electron chi connectivity index (χ0n) is 13.8. The predicted molar refractivity (Wildman–Crippen MR) is 85.5 cm³/mol. The molecular weight excluding hydrogens is 296 g/mol. The number of ether oxygens (including phenoxy) is 2. The van der Waals surface area contributed by atoms with Crippen molar-refractivity contribution in [1.29, 1.82) is 0 Å². The molecule has 1 heterocycles. The summed E-state index contributed by atoms with van der Waals surface area (Å²) in [5.74, 6) is 1.21. The quantitative estimate of drug-likeness (QED) is 0.846. The summed E-state index contributed by atoms with van der Waals surface area (Å²) < 4.78 is 12.4. The van der Waals surface area contributed by atoms with Gasteiger partial charge in [0.2, 0.25) is 5.91 Å². The highest BCUT2D eigenvalue weighted by Crippen LogP contribution is 2.30. The van der Waals surface area contributed by atoms with Gasteiger partial charge >= 0.3 is 0 Å². The van der Waals surface area contributed by atoms with Crippen LogP contribution in [0.5, 0.6) is 11.5 Å². The van der Waals surface area contributed by atoms with Crippen molar-refractivity contribution in [3.63, 3.8) is 0 Å². The van der Waals surface area contributed by atoms with Gasteiger partial charge in [-0.15, -0.1) is 0 Å². The highest BCUT2D eigenvalue weighted by Gasteiger charge is 2.19. The molecule has 1 aromatic carbocycles. The average molecular weight is 318 g/mol. The van der Waals surface area contributed by atoms with Crippen molar-refractivity contribution in [2.75, 3.05) is 13.7 Å². The van der Waals surface area contributed by atoms with E-state index in [-0.39, 0.29) is 11.9 Å². The van der Waals surface area contributed by atoms with Gasteiger partial charge in [0.15, 0.2) is 11.5 Å². The summed E-state index contributed by atoms with van der Waals surface area (Å²) in [4.78, 5) is 16.1. The summed E-state index contributed by atoms with van der Waals surface area (Å²) in [5.41, 5.74) is 0.935. The highest BCUT2D eigenvalue weighted by molar-refractivity contribution is 5.80. The molecule has 0 bridgehead atoms. The van der Waals surface area contributed by atoms with Gasteiger partial charge in [-0.3, -0.25) is 4.79 Å². The number of aromatic nitrogens is 3. The Balaban J connectivity index is 2.08. The first-order valence-electron chi connectivity index (χ1n) is 7.52. The Morgan fingerprint density at radius 1 is 1.35 bits per heavy atom. The number of carbonyl (C=O) groups excluding carboxylic acids is 1. The number of rotatable bonds is 7. The fraction of sp³-hybridized carbons (Fsp3) is 0.438. The lowest BCUT2D eigenvalue weighted by Gasteiger charge is -2.19. The molecule has 0 aliphatic heterocycles. The molecule has 0 spiro atoms. The number of nitrogens with zero attached hydrogens (tertiary/aromatic N) is 3. The van der Waals surface area contributed by atoms with Gasteiger partial charge < -0.3 is 14.8 Å². The van der Waals surface area contributed by atoms with Gasteiger partial charge in [-0.2, -0.15) is 5.10 Å². The lowest BCUT2D eigenvalue weighted by Crippen LogP contribution is -2.33. The molecule has 124 valence electrons. The maximum Gasteiger partial charge on any atom is 0.245 e. The predicted octanol–water partition coefficient (Wildman–Crippen LogP) is 2.12. The van der Waals surface area contributed by atoms with Gasteiger partial charge in [-0.1, -0.05) is 6.07 Å². The van der Waals surface area contributed by atoms with Crippen molar-refractivity contribution in [3.05, 3.63) is 36.4 Å². The molecule has 0 aliphatic carbocycles. The number of carbonyl (C=O) groups is 1. The molecule has 1 aromatic heterocycles. The van der Waals surface area contributed by atoms with Gasteiger partial charge in [0.1, 0.15) is 18.7 Å². The summed E-state index contributed by atoms with van der Waals surface area (Å²) in [5, 5.41) is 6.95. The minimum atomic E-state index is -0.426. The number of hydrogen-bond donors (Lipinski definition) is 1. The van der Waals surface area contributed by atoms with Gasteiger partial charge in [0.25, 0.3) is 0 Å². The topological polar surface area (TPSA) is 78.3 Å². The molecule has 0 saturated heterocycles. The SMILES string of the molecule is CCOc1ccc([C@@H](C)NC(=O)[C@H](C)n2cncn2)cc1OC. The Hall–Kier alpha value is -2.57. The van der Waals surface area contributed by atoms with Crippen molar-refractivity contribution in [2.45, 2.75) is 32.9 Å². The third kappa shape index (κ3) is 4.00. The first-order valence-corrected chi connectivity index (χ1v) is 7.52. The zero-order valence-corrected chi connectivity index (χ0v) is 13.8. The van der Waals surface area contributed by atoms with E-state index >= 15 is 0 Å². The molecule has 0 aliphatic rings. The molecule has 0 radical (unpaired) electrons. The second-order valence-corrected chi connectivity index (χ2v) is 5.13. The summed E-state index contributed by atoms with van der Waals surface area (Å²) in [6.45, 7) is 6.18. The van der Waals surface area contributed by atoms with Gasteiger partial charge in [0, 0.05) is 0 Å². The molecule has 1 amide bonds. The van der Waals surface area contributed by atoms with Crippen LogP contribution in [-0.4, -0.2) is 34.4 Å². The fourth-order valence-electron chi connectivity index (χ4n) is 2.18. The number of methoxy groups -OCH3 is 1. The van der Waals surface area contributed by atoms with Crippen molar-refractivity contribution in [1.82, 2.24) is 20.1 Å². The van der Waals surface area contributed by atoms with E-state index < -0.39 is 6.04 Å². The van der Waals surface area contributed by atoms with Gasteiger partial charge in [-0.05, 0) is 38.5 Å². The molecule has 0 saturated carbocycles. The van der Waals surface area contributed by atoms with Gasteiger partial charge in [-0.25, -0.2) is 9.67 Å². The Morgan fingerprint density at radius 2 is 2.13 bits per heavy atom. The average Bonchev–Trinajstić information content (AvgIpc) is 3.09. The minimum absolute atomic E-state index is 0.129. The Kier molecular flexibility index (Phi) is 5.56. The van der Waals surface area contributed by atoms with Crippen molar-refractivity contribution < 1.29 is 14.3 Å². The van der Waals surface area contributed by atoms with Crippen LogP contribution in [0.15, 0.2) is 30.9 Å². The van der Waals surface area contributed by atoms with E-state index in [1.807, 2.05) is 32.0 Å². The van der Waals surface area contributed by atoms with Crippen LogP contribution in [0.2, 0.25) is 0 Å². The molecule has 2 rings (SSSR count). The van der Waals surface area contributed by atoms with Crippen molar-refractivity contribution in [2.24, 2.45) is 0 Å². The number of hydrogen-bond acceptors (Lipinski definition) is 5. The van der Waals surface area contributed by atoms with Crippen LogP contribution in [-0.2, 0) is 4.79 Å². The molecule has 7 nitrogen and oxygen atoms in total. The van der Waals surface area contributed by atoms with Crippen LogP contribution >= 0.6 is 0 Å². The normalized spacial score (nSPS) is 13.2. The van der Waals surface area contributed by atoms with E-state index in [0.717, 1.165) is 5.56 Å². The van der Waals surface area contributed by atoms with Crippen LogP contribution in [0.1, 0.15) is 38.4 Å². The van der Waals surface area contributed by atoms with E-state index in [1.165, 1.54) is 17.3 Å². The molecule has 7 heteroatoms. The molecule has 0 unspecified atom stereocenters. The number of nitrogens with one attached hydrogen (secondary N) is 1. The number of amides is 1. The van der Waals surface area contributed by atoms with E-state index in [4.69, 9.17) is 9.47 Å². The van der Waals surface area contributed by atoms with E-state index in [9.17, 15) is 4.79 Å². The smallest absolute Gasteiger partial charge is 0.245 e. The van der Waals surface area contributed by atoms with Crippen LogP contribution in [0.3, 0.4) is 0 Å². The second-order valence-electron chi connectivity index (χ2n) is 5.13. The highest BCUT2D eigenvalue weighted by atomic mass is 16.5. The first kappa shape index (κ1) is 16.8. The van der Waals surface area contributed by atoms with Gasteiger partial charge in [0.05, 0.1) is 19.8 Å². The van der Waals surface area contributed by atoms with Crippen LogP contribution < -0.4 is 14.8 Å². The van der Waals surface area contributed by atoms with E-state index in [1.54, 1.807) is 14.0 Å². The molecular formula is C16H22N4O3. The van der Waals surface area contributed by atoms with Crippen molar-refractivity contribution in [3.8, 4) is 11.5 Å². The summed E-state index contributed by atoms with van der Waals surface area (Å²) >= 11 is 0. The summed E-state index contributed by atoms with van der Waals surface area (Å²) in [6.07, 6.45) is 2.93. The lowest BCUT2D eigenvalue weighted by molar-refractivity contribution is -0.124. The van der Waals surface area contributed by atoms with Crippen LogP contribution in [0.4, 0.5) is 0 Å².